The van der Waals surface area contributed by atoms with E-state index >= 15 is 0 Å². The highest BCUT2D eigenvalue weighted by Crippen LogP contribution is 2.27. The Balaban J connectivity index is 2.29. The lowest BCUT2D eigenvalue weighted by Crippen LogP contribution is -1.73. The van der Waals surface area contributed by atoms with Crippen LogP contribution in [0.2, 0.25) is 0 Å². The summed E-state index contributed by atoms with van der Waals surface area (Å²) in [7, 11) is 0. The SMILES string of the molecule is CCc1ccc(-c2nnc(CCl)o2)s1. The second kappa shape index (κ2) is 4.11. The fourth-order valence-corrected chi connectivity index (χ4v) is 2.07. The molecule has 2 aromatic rings. The number of nitrogens with zero attached hydrogens (tertiary/aromatic N) is 2. The molecule has 0 aliphatic heterocycles. The van der Waals surface area contributed by atoms with E-state index in [-0.39, 0.29) is 5.88 Å². The van der Waals surface area contributed by atoms with Gasteiger partial charge in [0.05, 0.1) is 4.88 Å². The van der Waals surface area contributed by atoms with Crippen LogP contribution >= 0.6 is 22.9 Å². The van der Waals surface area contributed by atoms with Crippen LogP contribution in [0.1, 0.15) is 17.7 Å². The summed E-state index contributed by atoms with van der Waals surface area (Å²) in [5.41, 5.74) is 0. The molecule has 0 amide bonds. The molecule has 74 valence electrons. The Hall–Kier alpha value is -0.870. The Labute approximate surface area is 90.7 Å². The number of rotatable bonds is 3. The molecule has 0 aliphatic rings. The quantitative estimate of drug-likeness (QED) is 0.758. The standard InChI is InChI=1S/C9H9ClN2OS/c1-2-6-3-4-7(14-6)9-12-11-8(5-10)13-9/h3-4H,2,5H2,1H3. The molecule has 0 N–H and O–H groups in total. The first-order valence-corrected chi connectivity index (χ1v) is 5.66. The second-order valence-electron chi connectivity index (χ2n) is 2.75. The molecule has 0 fully saturated rings. The number of alkyl halides is 1. The monoisotopic (exact) mass is 228 g/mol. The molecular formula is C9H9ClN2OS. The Bertz CT molecular complexity index is 384. The molecule has 0 saturated carbocycles. The van der Waals surface area contributed by atoms with Crippen molar-refractivity contribution in [2.75, 3.05) is 0 Å². The summed E-state index contributed by atoms with van der Waals surface area (Å²) in [6, 6.07) is 4.07. The summed E-state index contributed by atoms with van der Waals surface area (Å²) in [6.07, 6.45) is 1.03. The molecule has 14 heavy (non-hydrogen) atoms. The molecule has 2 aromatic heterocycles. The second-order valence-corrected chi connectivity index (χ2v) is 4.19. The van der Waals surface area contributed by atoms with Gasteiger partial charge in [-0.05, 0) is 18.6 Å². The lowest BCUT2D eigenvalue weighted by Gasteiger charge is -1.86. The van der Waals surface area contributed by atoms with Crippen LogP contribution in [0.15, 0.2) is 16.5 Å². The predicted molar refractivity (Wildman–Crippen MR) is 56.5 cm³/mol. The Morgan fingerprint density at radius 1 is 1.43 bits per heavy atom. The van der Waals surface area contributed by atoms with Crippen LogP contribution in [0.4, 0.5) is 0 Å². The van der Waals surface area contributed by atoms with Gasteiger partial charge in [-0.15, -0.1) is 33.1 Å². The molecule has 0 aromatic carbocycles. The Kier molecular flexibility index (Phi) is 2.84. The highest BCUT2D eigenvalue weighted by Gasteiger charge is 2.09. The molecule has 0 aliphatic carbocycles. The first-order chi connectivity index (χ1) is 6.83. The van der Waals surface area contributed by atoms with Crippen LogP contribution in [-0.4, -0.2) is 10.2 Å². The van der Waals surface area contributed by atoms with E-state index in [1.54, 1.807) is 11.3 Å². The number of halogens is 1. The van der Waals surface area contributed by atoms with E-state index in [1.165, 1.54) is 4.88 Å². The zero-order chi connectivity index (χ0) is 9.97. The molecule has 0 saturated heterocycles. The molecule has 0 unspecified atom stereocenters. The van der Waals surface area contributed by atoms with E-state index in [0.717, 1.165) is 11.3 Å². The van der Waals surface area contributed by atoms with Gasteiger partial charge in [0.15, 0.2) is 0 Å². The van der Waals surface area contributed by atoms with Gasteiger partial charge in [0, 0.05) is 4.88 Å². The Morgan fingerprint density at radius 3 is 2.86 bits per heavy atom. The van der Waals surface area contributed by atoms with Gasteiger partial charge in [-0.1, -0.05) is 6.92 Å². The van der Waals surface area contributed by atoms with E-state index in [2.05, 4.69) is 23.2 Å². The van der Waals surface area contributed by atoms with Crippen molar-refractivity contribution in [1.82, 2.24) is 10.2 Å². The maximum Gasteiger partial charge on any atom is 0.257 e. The lowest BCUT2D eigenvalue weighted by atomic mass is 10.4. The molecule has 5 heteroatoms. The number of hydrogen-bond acceptors (Lipinski definition) is 4. The third-order valence-electron chi connectivity index (χ3n) is 1.80. The molecular weight excluding hydrogens is 220 g/mol. The summed E-state index contributed by atoms with van der Waals surface area (Å²) in [4.78, 5) is 2.32. The van der Waals surface area contributed by atoms with Crippen LogP contribution in [-0.2, 0) is 12.3 Å². The summed E-state index contributed by atoms with van der Waals surface area (Å²) in [5, 5.41) is 7.72. The minimum Gasteiger partial charge on any atom is -0.419 e. The van der Waals surface area contributed by atoms with Crippen molar-refractivity contribution in [3.05, 3.63) is 22.9 Å². The van der Waals surface area contributed by atoms with Crippen LogP contribution in [0.5, 0.6) is 0 Å². The largest absolute Gasteiger partial charge is 0.419 e. The normalized spacial score (nSPS) is 10.7. The first kappa shape index (κ1) is 9.68. The van der Waals surface area contributed by atoms with Gasteiger partial charge in [-0.2, -0.15) is 0 Å². The van der Waals surface area contributed by atoms with E-state index in [9.17, 15) is 0 Å². The van der Waals surface area contributed by atoms with E-state index in [4.69, 9.17) is 16.0 Å². The predicted octanol–water partition coefficient (Wildman–Crippen LogP) is 3.10. The molecule has 0 radical (unpaired) electrons. The fourth-order valence-electron chi connectivity index (χ4n) is 1.09. The molecule has 0 atom stereocenters. The first-order valence-electron chi connectivity index (χ1n) is 4.31. The maximum atomic E-state index is 5.57. The van der Waals surface area contributed by atoms with Crippen molar-refractivity contribution in [3.8, 4) is 10.8 Å². The van der Waals surface area contributed by atoms with Crippen molar-refractivity contribution >= 4 is 22.9 Å². The van der Waals surface area contributed by atoms with Crippen molar-refractivity contribution in [2.24, 2.45) is 0 Å². The van der Waals surface area contributed by atoms with Crippen LogP contribution < -0.4 is 0 Å². The minimum absolute atomic E-state index is 0.263. The maximum absolute atomic E-state index is 5.57. The highest BCUT2D eigenvalue weighted by atomic mass is 35.5. The summed E-state index contributed by atoms with van der Waals surface area (Å²) in [5.74, 6) is 1.29. The average Bonchev–Trinajstić information content (AvgIpc) is 2.86. The van der Waals surface area contributed by atoms with Crippen LogP contribution in [0, 0.1) is 0 Å². The van der Waals surface area contributed by atoms with Gasteiger partial charge in [0.25, 0.3) is 5.89 Å². The highest BCUT2D eigenvalue weighted by molar-refractivity contribution is 7.15. The van der Waals surface area contributed by atoms with E-state index in [0.29, 0.717) is 11.8 Å². The van der Waals surface area contributed by atoms with Gasteiger partial charge in [-0.3, -0.25) is 0 Å². The summed E-state index contributed by atoms with van der Waals surface area (Å²) in [6.45, 7) is 2.12. The minimum atomic E-state index is 0.263. The van der Waals surface area contributed by atoms with Crippen molar-refractivity contribution < 1.29 is 4.42 Å². The third kappa shape index (κ3) is 1.81. The smallest absolute Gasteiger partial charge is 0.257 e. The summed E-state index contributed by atoms with van der Waals surface area (Å²) < 4.78 is 5.33. The molecule has 2 rings (SSSR count). The van der Waals surface area contributed by atoms with E-state index in [1.807, 2.05) is 6.07 Å². The third-order valence-corrected chi connectivity index (χ3v) is 3.25. The van der Waals surface area contributed by atoms with Crippen molar-refractivity contribution in [2.45, 2.75) is 19.2 Å². The Morgan fingerprint density at radius 2 is 2.29 bits per heavy atom. The van der Waals surface area contributed by atoms with E-state index < -0.39 is 0 Å². The molecule has 2 heterocycles. The molecule has 0 bridgehead atoms. The van der Waals surface area contributed by atoms with Crippen molar-refractivity contribution in [1.29, 1.82) is 0 Å². The number of hydrogen-bond donors (Lipinski definition) is 0. The topological polar surface area (TPSA) is 38.9 Å². The van der Waals surface area contributed by atoms with Gasteiger partial charge in [0.2, 0.25) is 5.89 Å². The number of aryl methyl sites for hydroxylation is 1. The zero-order valence-corrected chi connectivity index (χ0v) is 9.23. The number of aromatic nitrogens is 2. The van der Waals surface area contributed by atoms with Crippen LogP contribution in [0.25, 0.3) is 10.8 Å². The average molecular weight is 229 g/mol. The fraction of sp³-hybridized carbons (Fsp3) is 0.333. The lowest BCUT2D eigenvalue weighted by molar-refractivity contribution is 0.528. The van der Waals surface area contributed by atoms with Crippen LogP contribution in [0.3, 0.4) is 0 Å². The molecule has 3 nitrogen and oxygen atoms in total. The zero-order valence-electron chi connectivity index (χ0n) is 7.66. The van der Waals surface area contributed by atoms with Gasteiger partial charge < -0.3 is 4.42 Å². The summed E-state index contributed by atoms with van der Waals surface area (Å²) >= 11 is 7.24. The van der Waals surface area contributed by atoms with Gasteiger partial charge >= 0.3 is 0 Å². The number of thiophene rings is 1. The van der Waals surface area contributed by atoms with Crippen molar-refractivity contribution in [3.63, 3.8) is 0 Å². The van der Waals surface area contributed by atoms with Gasteiger partial charge in [-0.25, -0.2) is 0 Å². The van der Waals surface area contributed by atoms with Gasteiger partial charge in [0.1, 0.15) is 5.88 Å². The molecule has 0 spiro atoms.